The van der Waals surface area contributed by atoms with Crippen LogP contribution in [0.15, 0.2) is 24.3 Å². The highest BCUT2D eigenvalue weighted by molar-refractivity contribution is 5.20. The van der Waals surface area contributed by atoms with Crippen molar-refractivity contribution < 1.29 is 9.13 Å². The van der Waals surface area contributed by atoms with Crippen LogP contribution in [0.4, 0.5) is 4.39 Å². The van der Waals surface area contributed by atoms with E-state index in [0.29, 0.717) is 6.10 Å². The molecule has 1 heterocycles. The third-order valence-corrected chi connectivity index (χ3v) is 3.95. The molecule has 1 saturated heterocycles. The van der Waals surface area contributed by atoms with Crippen molar-refractivity contribution >= 4 is 0 Å². The summed E-state index contributed by atoms with van der Waals surface area (Å²) in [5, 5.41) is 3.54. The SMILES string of the molecule is CCCNC(CCN1CCOC(C)C1)c1cccc(F)c1. The Morgan fingerprint density at radius 2 is 2.33 bits per heavy atom. The van der Waals surface area contributed by atoms with Gasteiger partial charge in [-0.2, -0.15) is 0 Å². The quantitative estimate of drug-likeness (QED) is 0.837. The monoisotopic (exact) mass is 294 g/mol. The van der Waals surface area contributed by atoms with Crippen molar-refractivity contribution in [1.29, 1.82) is 0 Å². The van der Waals surface area contributed by atoms with Gasteiger partial charge in [-0.3, -0.25) is 4.90 Å². The maximum atomic E-state index is 13.4. The second-order valence-electron chi connectivity index (χ2n) is 5.83. The van der Waals surface area contributed by atoms with Gasteiger partial charge in [0, 0.05) is 25.7 Å². The summed E-state index contributed by atoms with van der Waals surface area (Å²) in [4.78, 5) is 2.44. The molecule has 21 heavy (non-hydrogen) atoms. The molecule has 0 aromatic heterocycles. The van der Waals surface area contributed by atoms with Gasteiger partial charge in [0.15, 0.2) is 0 Å². The highest BCUT2D eigenvalue weighted by Gasteiger charge is 2.18. The largest absolute Gasteiger partial charge is 0.376 e. The van der Waals surface area contributed by atoms with E-state index in [4.69, 9.17) is 4.74 Å². The summed E-state index contributed by atoms with van der Waals surface area (Å²) in [7, 11) is 0. The number of hydrogen-bond acceptors (Lipinski definition) is 3. The zero-order valence-corrected chi connectivity index (χ0v) is 13.1. The average Bonchev–Trinajstić information content (AvgIpc) is 2.47. The number of nitrogens with one attached hydrogen (secondary N) is 1. The van der Waals surface area contributed by atoms with E-state index >= 15 is 0 Å². The summed E-state index contributed by atoms with van der Waals surface area (Å²) in [5.74, 6) is -0.157. The summed E-state index contributed by atoms with van der Waals surface area (Å²) >= 11 is 0. The Balaban J connectivity index is 1.92. The van der Waals surface area contributed by atoms with E-state index in [1.165, 1.54) is 6.07 Å². The molecule has 1 aromatic carbocycles. The first kappa shape index (κ1) is 16.4. The number of rotatable bonds is 7. The van der Waals surface area contributed by atoms with Gasteiger partial charge in [0.05, 0.1) is 12.7 Å². The van der Waals surface area contributed by atoms with Gasteiger partial charge < -0.3 is 10.1 Å². The first-order chi connectivity index (χ1) is 10.2. The fourth-order valence-corrected chi connectivity index (χ4v) is 2.83. The highest BCUT2D eigenvalue weighted by atomic mass is 19.1. The Hall–Kier alpha value is -0.970. The van der Waals surface area contributed by atoms with Crippen molar-refractivity contribution in [3.8, 4) is 0 Å². The summed E-state index contributed by atoms with van der Waals surface area (Å²) in [5.41, 5.74) is 1.05. The zero-order chi connectivity index (χ0) is 15.1. The van der Waals surface area contributed by atoms with Gasteiger partial charge in [0.1, 0.15) is 5.82 Å². The van der Waals surface area contributed by atoms with Gasteiger partial charge in [-0.25, -0.2) is 4.39 Å². The molecule has 0 amide bonds. The molecule has 0 aliphatic carbocycles. The molecule has 2 unspecified atom stereocenters. The molecule has 0 saturated carbocycles. The second kappa shape index (κ2) is 8.47. The molecule has 3 nitrogen and oxygen atoms in total. The van der Waals surface area contributed by atoms with Gasteiger partial charge in [0.25, 0.3) is 0 Å². The summed E-state index contributed by atoms with van der Waals surface area (Å²) in [6.45, 7) is 9.04. The van der Waals surface area contributed by atoms with Crippen LogP contribution in [0, 0.1) is 5.82 Å². The lowest BCUT2D eigenvalue weighted by Crippen LogP contribution is -2.42. The molecule has 0 spiro atoms. The van der Waals surface area contributed by atoms with E-state index in [1.807, 2.05) is 6.07 Å². The molecule has 118 valence electrons. The number of benzene rings is 1. The van der Waals surface area contributed by atoms with Crippen LogP contribution in [-0.4, -0.2) is 43.8 Å². The van der Waals surface area contributed by atoms with Crippen LogP contribution in [-0.2, 0) is 4.74 Å². The Bertz CT molecular complexity index is 427. The molecule has 2 rings (SSSR count). The standard InChI is InChI=1S/C17H27FN2O/c1-3-8-19-17(15-5-4-6-16(18)12-15)7-9-20-10-11-21-14(2)13-20/h4-6,12,14,17,19H,3,7-11,13H2,1-2H3. The van der Waals surface area contributed by atoms with E-state index in [9.17, 15) is 4.39 Å². The maximum Gasteiger partial charge on any atom is 0.123 e. The molecule has 1 aliphatic heterocycles. The van der Waals surface area contributed by atoms with Crippen LogP contribution < -0.4 is 5.32 Å². The van der Waals surface area contributed by atoms with Crippen LogP contribution in [0.2, 0.25) is 0 Å². The van der Waals surface area contributed by atoms with E-state index in [-0.39, 0.29) is 11.9 Å². The van der Waals surface area contributed by atoms with Crippen molar-refractivity contribution in [3.63, 3.8) is 0 Å². The van der Waals surface area contributed by atoms with E-state index in [2.05, 4.69) is 24.1 Å². The number of hydrogen-bond donors (Lipinski definition) is 1. The maximum absolute atomic E-state index is 13.4. The molecular formula is C17H27FN2O. The van der Waals surface area contributed by atoms with Gasteiger partial charge in [0.2, 0.25) is 0 Å². The minimum Gasteiger partial charge on any atom is -0.376 e. The van der Waals surface area contributed by atoms with Gasteiger partial charge in [-0.1, -0.05) is 19.1 Å². The zero-order valence-electron chi connectivity index (χ0n) is 13.1. The molecular weight excluding hydrogens is 267 g/mol. The van der Waals surface area contributed by atoms with Crippen molar-refractivity contribution in [3.05, 3.63) is 35.6 Å². The summed E-state index contributed by atoms with van der Waals surface area (Å²) < 4.78 is 19.0. The summed E-state index contributed by atoms with van der Waals surface area (Å²) in [6, 6.07) is 7.18. The first-order valence-electron chi connectivity index (χ1n) is 8.02. The van der Waals surface area contributed by atoms with Crippen LogP contribution in [0.5, 0.6) is 0 Å². The molecule has 1 aliphatic rings. The predicted octanol–water partition coefficient (Wildman–Crippen LogP) is 2.98. The Morgan fingerprint density at radius 1 is 1.48 bits per heavy atom. The number of halogens is 1. The smallest absolute Gasteiger partial charge is 0.123 e. The van der Waals surface area contributed by atoms with Crippen LogP contribution >= 0.6 is 0 Å². The summed E-state index contributed by atoms with van der Waals surface area (Å²) in [6.07, 6.45) is 2.39. The van der Waals surface area contributed by atoms with E-state index in [0.717, 1.165) is 51.2 Å². The van der Waals surface area contributed by atoms with Crippen molar-refractivity contribution in [2.75, 3.05) is 32.8 Å². The van der Waals surface area contributed by atoms with Crippen LogP contribution in [0.25, 0.3) is 0 Å². The third-order valence-electron chi connectivity index (χ3n) is 3.95. The van der Waals surface area contributed by atoms with E-state index < -0.39 is 0 Å². The molecule has 4 heteroatoms. The van der Waals surface area contributed by atoms with Gasteiger partial charge >= 0.3 is 0 Å². The fourth-order valence-electron chi connectivity index (χ4n) is 2.83. The first-order valence-corrected chi connectivity index (χ1v) is 8.02. The predicted molar refractivity (Wildman–Crippen MR) is 83.9 cm³/mol. The molecule has 2 atom stereocenters. The lowest BCUT2D eigenvalue weighted by Gasteiger charge is -2.32. The third kappa shape index (κ3) is 5.38. The Kier molecular flexibility index (Phi) is 6.61. The lowest BCUT2D eigenvalue weighted by molar-refractivity contribution is -0.0192. The number of nitrogens with zero attached hydrogens (tertiary/aromatic N) is 1. The Morgan fingerprint density at radius 3 is 3.05 bits per heavy atom. The van der Waals surface area contributed by atoms with Crippen molar-refractivity contribution in [2.24, 2.45) is 0 Å². The number of ether oxygens (including phenoxy) is 1. The number of morpholine rings is 1. The van der Waals surface area contributed by atoms with Crippen molar-refractivity contribution in [1.82, 2.24) is 10.2 Å². The van der Waals surface area contributed by atoms with Crippen LogP contribution in [0.1, 0.15) is 38.3 Å². The normalized spacial score (nSPS) is 21.4. The minimum atomic E-state index is -0.157. The minimum absolute atomic E-state index is 0.157. The topological polar surface area (TPSA) is 24.5 Å². The van der Waals surface area contributed by atoms with Crippen LogP contribution in [0.3, 0.4) is 0 Å². The molecule has 1 N–H and O–H groups in total. The second-order valence-corrected chi connectivity index (χ2v) is 5.83. The molecule has 0 bridgehead atoms. The van der Waals surface area contributed by atoms with Gasteiger partial charge in [-0.05, 0) is 44.0 Å². The van der Waals surface area contributed by atoms with E-state index in [1.54, 1.807) is 12.1 Å². The molecule has 1 fully saturated rings. The lowest BCUT2D eigenvalue weighted by atomic mass is 10.0. The Labute approximate surface area is 127 Å². The fraction of sp³-hybridized carbons (Fsp3) is 0.647. The average molecular weight is 294 g/mol. The van der Waals surface area contributed by atoms with Crippen molar-refractivity contribution in [2.45, 2.75) is 38.8 Å². The van der Waals surface area contributed by atoms with Gasteiger partial charge in [-0.15, -0.1) is 0 Å². The highest BCUT2D eigenvalue weighted by Crippen LogP contribution is 2.19. The molecule has 1 aromatic rings. The molecule has 0 radical (unpaired) electrons.